The Morgan fingerprint density at radius 2 is 2.10 bits per heavy atom. The molecular formula is C15H20N4OS. The fraction of sp³-hybridized carbons (Fsp3) is 0.533. The number of thiophene rings is 1. The Hall–Kier alpha value is -1.53. The molecule has 1 N–H and O–H groups in total. The maximum Gasteiger partial charge on any atom is 0.224 e. The number of aryl methyl sites for hydroxylation is 3. The Balaban J connectivity index is 1.80. The summed E-state index contributed by atoms with van der Waals surface area (Å²) in [5.74, 6) is 1.04. The Morgan fingerprint density at radius 3 is 2.76 bits per heavy atom. The van der Waals surface area contributed by atoms with E-state index in [9.17, 15) is 4.79 Å². The summed E-state index contributed by atoms with van der Waals surface area (Å²) >= 11 is 1.73. The molecule has 6 heteroatoms. The highest BCUT2D eigenvalue weighted by Crippen LogP contribution is 2.31. The molecule has 1 saturated heterocycles. The van der Waals surface area contributed by atoms with Crippen molar-refractivity contribution in [3.8, 4) is 0 Å². The van der Waals surface area contributed by atoms with E-state index in [-0.39, 0.29) is 11.9 Å². The van der Waals surface area contributed by atoms with Crippen molar-refractivity contribution < 1.29 is 4.79 Å². The highest BCUT2D eigenvalue weighted by atomic mass is 32.1. The van der Waals surface area contributed by atoms with E-state index in [2.05, 4.69) is 22.2 Å². The van der Waals surface area contributed by atoms with Crippen molar-refractivity contribution in [3.05, 3.63) is 22.0 Å². The average Bonchev–Trinajstić information content (AvgIpc) is 2.88. The summed E-state index contributed by atoms with van der Waals surface area (Å²) < 4.78 is 0. The van der Waals surface area contributed by atoms with Crippen LogP contribution in [-0.4, -0.2) is 40.4 Å². The third-order valence-corrected chi connectivity index (χ3v) is 5.26. The molecule has 3 rings (SSSR count). The van der Waals surface area contributed by atoms with E-state index in [4.69, 9.17) is 0 Å². The third kappa shape index (κ3) is 2.65. The number of rotatable bonds is 3. The fourth-order valence-electron chi connectivity index (χ4n) is 2.93. The molecule has 3 heterocycles. The number of nitrogens with one attached hydrogen (secondary N) is 1. The molecule has 0 spiro atoms. The molecule has 2 aromatic rings. The predicted molar refractivity (Wildman–Crippen MR) is 84.5 cm³/mol. The van der Waals surface area contributed by atoms with Crippen LogP contribution in [0.2, 0.25) is 0 Å². The molecule has 0 bridgehead atoms. The monoisotopic (exact) mass is 304 g/mol. The zero-order valence-corrected chi connectivity index (χ0v) is 13.7. The Bertz CT molecular complexity index is 709. The van der Waals surface area contributed by atoms with Gasteiger partial charge in [-0.05, 0) is 26.3 Å². The molecule has 0 aromatic carbocycles. The van der Waals surface area contributed by atoms with Crippen LogP contribution in [-0.2, 0) is 11.3 Å². The minimum absolute atomic E-state index is 0.220. The van der Waals surface area contributed by atoms with Gasteiger partial charge < -0.3 is 10.2 Å². The van der Waals surface area contributed by atoms with Gasteiger partial charge in [-0.25, -0.2) is 9.97 Å². The molecule has 0 radical (unpaired) electrons. The van der Waals surface area contributed by atoms with Crippen molar-refractivity contribution >= 4 is 27.5 Å². The number of hydrogen-bond donors (Lipinski definition) is 1. The van der Waals surface area contributed by atoms with E-state index in [1.54, 1.807) is 16.2 Å². The van der Waals surface area contributed by atoms with Crippen molar-refractivity contribution in [2.24, 2.45) is 0 Å². The number of aromatic nitrogens is 2. The van der Waals surface area contributed by atoms with Gasteiger partial charge >= 0.3 is 0 Å². The van der Waals surface area contributed by atoms with Crippen LogP contribution in [0.15, 0.2) is 0 Å². The number of hydrogen-bond acceptors (Lipinski definition) is 5. The third-order valence-electron chi connectivity index (χ3n) is 4.07. The van der Waals surface area contributed by atoms with Crippen LogP contribution >= 0.6 is 11.3 Å². The Kier molecular flexibility index (Phi) is 3.67. The van der Waals surface area contributed by atoms with Gasteiger partial charge in [0.15, 0.2) is 0 Å². The van der Waals surface area contributed by atoms with Gasteiger partial charge in [-0.3, -0.25) is 4.79 Å². The van der Waals surface area contributed by atoms with E-state index in [1.807, 2.05) is 20.9 Å². The lowest BCUT2D eigenvalue weighted by molar-refractivity contribution is -0.126. The summed E-state index contributed by atoms with van der Waals surface area (Å²) in [6, 6.07) is 0.251. The quantitative estimate of drug-likeness (QED) is 0.941. The number of carbonyl (C=O) groups is 1. The van der Waals surface area contributed by atoms with Crippen molar-refractivity contribution in [3.63, 3.8) is 0 Å². The number of fused-ring (bicyclic) bond motifs is 1. The summed E-state index contributed by atoms with van der Waals surface area (Å²) in [5.41, 5.74) is 2.31. The summed E-state index contributed by atoms with van der Waals surface area (Å²) in [5, 5.41) is 4.68. The predicted octanol–water partition coefficient (Wildman–Crippen LogP) is 1.94. The lowest BCUT2D eigenvalue weighted by Crippen LogP contribution is -2.30. The SMILES string of the molecule is Cc1nc(C)c2c(C)c(CNC3CC(=O)N(C)C3)sc2n1. The summed E-state index contributed by atoms with van der Waals surface area (Å²) in [7, 11) is 1.86. The number of amides is 1. The average molecular weight is 304 g/mol. The van der Waals surface area contributed by atoms with Crippen molar-refractivity contribution in [2.45, 2.75) is 39.8 Å². The maximum atomic E-state index is 11.6. The van der Waals surface area contributed by atoms with Gasteiger partial charge in [-0.1, -0.05) is 0 Å². The van der Waals surface area contributed by atoms with E-state index in [0.717, 1.165) is 29.4 Å². The second-order valence-corrected chi connectivity index (χ2v) is 6.83. The highest BCUT2D eigenvalue weighted by molar-refractivity contribution is 7.18. The minimum Gasteiger partial charge on any atom is -0.344 e. The number of likely N-dealkylation sites (N-methyl/N-ethyl adjacent to an activating group) is 1. The lowest BCUT2D eigenvalue weighted by Gasteiger charge is -2.11. The molecule has 5 nitrogen and oxygen atoms in total. The number of likely N-dealkylation sites (tertiary alicyclic amines) is 1. The minimum atomic E-state index is 0.220. The van der Waals surface area contributed by atoms with Crippen LogP contribution in [0, 0.1) is 20.8 Å². The van der Waals surface area contributed by atoms with Crippen LogP contribution < -0.4 is 5.32 Å². The molecule has 0 aliphatic carbocycles. The highest BCUT2D eigenvalue weighted by Gasteiger charge is 2.26. The van der Waals surface area contributed by atoms with Crippen molar-refractivity contribution in [1.82, 2.24) is 20.2 Å². The van der Waals surface area contributed by atoms with E-state index in [0.29, 0.717) is 6.42 Å². The normalized spacial score (nSPS) is 19.0. The number of nitrogens with zero attached hydrogens (tertiary/aromatic N) is 3. The van der Waals surface area contributed by atoms with Crippen LogP contribution in [0.4, 0.5) is 0 Å². The molecule has 1 aliphatic rings. The van der Waals surface area contributed by atoms with E-state index in [1.165, 1.54) is 15.8 Å². The zero-order valence-electron chi connectivity index (χ0n) is 12.9. The fourth-order valence-corrected chi connectivity index (χ4v) is 4.15. The largest absolute Gasteiger partial charge is 0.344 e. The van der Waals surface area contributed by atoms with Crippen LogP contribution in [0.1, 0.15) is 28.4 Å². The molecule has 1 atom stereocenters. The summed E-state index contributed by atoms with van der Waals surface area (Å²) in [4.78, 5) is 24.7. The first-order valence-electron chi connectivity index (χ1n) is 7.16. The van der Waals surface area contributed by atoms with Crippen LogP contribution in [0.3, 0.4) is 0 Å². The molecule has 112 valence electrons. The summed E-state index contributed by atoms with van der Waals surface area (Å²) in [6.07, 6.45) is 0.596. The van der Waals surface area contributed by atoms with Crippen molar-refractivity contribution in [2.75, 3.05) is 13.6 Å². The smallest absolute Gasteiger partial charge is 0.224 e. The van der Waals surface area contributed by atoms with Crippen LogP contribution in [0.25, 0.3) is 10.2 Å². The molecule has 0 saturated carbocycles. The van der Waals surface area contributed by atoms with Gasteiger partial charge in [0, 0.05) is 48.6 Å². The molecule has 1 fully saturated rings. The van der Waals surface area contributed by atoms with Crippen LogP contribution in [0.5, 0.6) is 0 Å². The van der Waals surface area contributed by atoms with Crippen molar-refractivity contribution in [1.29, 1.82) is 0 Å². The molecule has 1 aliphatic heterocycles. The van der Waals surface area contributed by atoms with Gasteiger partial charge in [0.25, 0.3) is 0 Å². The second-order valence-electron chi connectivity index (χ2n) is 5.74. The maximum absolute atomic E-state index is 11.6. The zero-order chi connectivity index (χ0) is 15.1. The lowest BCUT2D eigenvalue weighted by atomic mass is 10.1. The molecular weight excluding hydrogens is 284 g/mol. The molecule has 1 amide bonds. The standard InChI is InChI=1S/C15H20N4OS/c1-8-12(6-16-11-5-13(20)19(4)7-11)21-15-14(8)9(2)17-10(3)18-15/h11,16H,5-7H2,1-4H3. The second kappa shape index (κ2) is 5.35. The van der Waals surface area contributed by atoms with Gasteiger partial charge in [0.05, 0.1) is 0 Å². The first kappa shape index (κ1) is 14.4. The Morgan fingerprint density at radius 1 is 1.33 bits per heavy atom. The van der Waals surface area contributed by atoms with E-state index >= 15 is 0 Å². The van der Waals surface area contributed by atoms with Gasteiger partial charge in [-0.2, -0.15) is 0 Å². The van der Waals surface area contributed by atoms with Gasteiger partial charge in [0.1, 0.15) is 10.7 Å². The Labute approximate surface area is 128 Å². The summed E-state index contributed by atoms with van der Waals surface area (Å²) in [6.45, 7) is 7.68. The van der Waals surface area contributed by atoms with Gasteiger partial charge in [-0.15, -0.1) is 11.3 Å². The molecule has 21 heavy (non-hydrogen) atoms. The first-order chi connectivity index (χ1) is 9.95. The first-order valence-corrected chi connectivity index (χ1v) is 7.98. The van der Waals surface area contributed by atoms with E-state index < -0.39 is 0 Å². The topological polar surface area (TPSA) is 58.1 Å². The molecule has 1 unspecified atom stereocenters. The number of carbonyl (C=O) groups excluding carboxylic acids is 1. The molecule has 2 aromatic heterocycles. The van der Waals surface area contributed by atoms with Gasteiger partial charge in [0.2, 0.25) is 5.91 Å².